The Morgan fingerprint density at radius 3 is 2.37 bits per heavy atom. The molecule has 3 heteroatoms. The Morgan fingerprint density at radius 1 is 1.21 bits per heavy atom. The van der Waals surface area contributed by atoms with Crippen LogP contribution in [-0.4, -0.2) is 18.7 Å². The molecule has 1 atom stereocenters. The van der Waals surface area contributed by atoms with Crippen LogP contribution in [0.3, 0.4) is 0 Å². The van der Waals surface area contributed by atoms with Crippen molar-refractivity contribution in [3.05, 3.63) is 35.9 Å². The molecule has 0 aliphatic heterocycles. The van der Waals surface area contributed by atoms with Crippen molar-refractivity contribution < 1.29 is 14.3 Å². The fraction of sp³-hybridized carbons (Fsp3) is 0.438. The van der Waals surface area contributed by atoms with Gasteiger partial charge in [0.15, 0.2) is 0 Å². The van der Waals surface area contributed by atoms with Crippen LogP contribution < -0.4 is 4.74 Å². The zero-order valence-electron chi connectivity index (χ0n) is 12.1. The lowest BCUT2D eigenvalue weighted by atomic mass is 10.1. The van der Waals surface area contributed by atoms with E-state index in [0.717, 1.165) is 11.3 Å². The van der Waals surface area contributed by atoms with Gasteiger partial charge in [-0.15, -0.1) is 0 Å². The molecule has 3 nitrogen and oxygen atoms in total. The Kier molecular flexibility index (Phi) is 6.13. The monoisotopic (exact) mass is 262 g/mol. The number of carbonyl (C=O) groups is 1. The van der Waals surface area contributed by atoms with Crippen LogP contribution in [0.5, 0.6) is 5.75 Å². The average molecular weight is 262 g/mol. The Balaban J connectivity index is 2.53. The van der Waals surface area contributed by atoms with Crippen molar-refractivity contribution in [3.8, 4) is 5.75 Å². The molecule has 1 aromatic rings. The lowest BCUT2D eigenvalue weighted by molar-refractivity contribution is -0.143. The average Bonchev–Trinajstić information content (AvgIpc) is 2.38. The number of hydrogen-bond acceptors (Lipinski definition) is 3. The molecular formula is C16H22O3. The summed E-state index contributed by atoms with van der Waals surface area (Å²) in [5, 5.41) is 0. The van der Waals surface area contributed by atoms with E-state index < -0.39 is 0 Å². The fourth-order valence-corrected chi connectivity index (χ4v) is 1.36. The van der Waals surface area contributed by atoms with Crippen LogP contribution >= 0.6 is 0 Å². The van der Waals surface area contributed by atoms with Gasteiger partial charge in [-0.1, -0.05) is 26.0 Å². The Labute approximate surface area is 115 Å². The van der Waals surface area contributed by atoms with Gasteiger partial charge in [0.25, 0.3) is 0 Å². The van der Waals surface area contributed by atoms with Crippen LogP contribution in [0, 0.1) is 5.92 Å². The van der Waals surface area contributed by atoms with Gasteiger partial charge in [-0.3, -0.25) is 0 Å². The molecule has 0 radical (unpaired) electrons. The molecule has 0 amide bonds. The summed E-state index contributed by atoms with van der Waals surface area (Å²) >= 11 is 0. The van der Waals surface area contributed by atoms with Gasteiger partial charge in [0.1, 0.15) is 11.9 Å². The van der Waals surface area contributed by atoms with Crippen molar-refractivity contribution in [1.82, 2.24) is 0 Å². The van der Waals surface area contributed by atoms with E-state index >= 15 is 0 Å². The summed E-state index contributed by atoms with van der Waals surface area (Å²) in [5.41, 5.74) is 0.942. The van der Waals surface area contributed by atoms with Crippen molar-refractivity contribution in [2.75, 3.05) is 6.61 Å². The highest BCUT2D eigenvalue weighted by atomic mass is 16.5. The van der Waals surface area contributed by atoms with Gasteiger partial charge in [0, 0.05) is 6.08 Å². The van der Waals surface area contributed by atoms with E-state index in [2.05, 4.69) is 0 Å². The second-order valence-electron chi connectivity index (χ2n) is 4.72. The molecule has 0 fully saturated rings. The van der Waals surface area contributed by atoms with Crippen LogP contribution in [0.25, 0.3) is 6.08 Å². The molecule has 1 rings (SSSR count). The second-order valence-corrected chi connectivity index (χ2v) is 4.72. The Bertz CT molecular complexity index is 418. The van der Waals surface area contributed by atoms with Crippen molar-refractivity contribution >= 4 is 12.0 Å². The van der Waals surface area contributed by atoms with Crippen LogP contribution in [-0.2, 0) is 9.53 Å². The number of hydrogen-bond donors (Lipinski definition) is 0. The first kappa shape index (κ1) is 15.3. The minimum Gasteiger partial charge on any atom is -0.494 e. The third-order valence-electron chi connectivity index (χ3n) is 2.84. The molecule has 0 saturated heterocycles. The predicted octanol–water partition coefficient (Wildman–Crippen LogP) is 3.69. The zero-order valence-corrected chi connectivity index (χ0v) is 12.1. The van der Waals surface area contributed by atoms with Crippen LogP contribution in [0.4, 0.5) is 0 Å². The Morgan fingerprint density at radius 2 is 1.84 bits per heavy atom. The van der Waals surface area contributed by atoms with E-state index in [1.807, 2.05) is 52.0 Å². The molecule has 0 aliphatic carbocycles. The highest BCUT2D eigenvalue weighted by Crippen LogP contribution is 2.13. The minimum atomic E-state index is -0.310. The maximum atomic E-state index is 11.6. The molecular weight excluding hydrogens is 240 g/mol. The highest BCUT2D eigenvalue weighted by molar-refractivity contribution is 5.87. The summed E-state index contributed by atoms with van der Waals surface area (Å²) < 4.78 is 10.6. The SMILES string of the molecule is CCOc1ccc(C=CC(=O)OC(C)C(C)C)cc1. The van der Waals surface area contributed by atoms with Gasteiger partial charge in [-0.25, -0.2) is 4.79 Å². The Hall–Kier alpha value is -1.77. The summed E-state index contributed by atoms with van der Waals surface area (Å²) in [6, 6.07) is 7.57. The first-order valence-corrected chi connectivity index (χ1v) is 6.64. The van der Waals surface area contributed by atoms with Gasteiger partial charge in [0.2, 0.25) is 0 Å². The molecule has 0 aliphatic rings. The fourth-order valence-electron chi connectivity index (χ4n) is 1.36. The number of ether oxygens (including phenoxy) is 2. The summed E-state index contributed by atoms with van der Waals surface area (Å²) in [7, 11) is 0. The van der Waals surface area contributed by atoms with Crippen molar-refractivity contribution in [3.63, 3.8) is 0 Å². The molecule has 1 aromatic carbocycles. The van der Waals surface area contributed by atoms with Gasteiger partial charge in [-0.2, -0.15) is 0 Å². The highest BCUT2D eigenvalue weighted by Gasteiger charge is 2.10. The number of benzene rings is 1. The molecule has 0 bridgehead atoms. The van der Waals surface area contributed by atoms with Crippen molar-refractivity contribution in [2.24, 2.45) is 5.92 Å². The van der Waals surface area contributed by atoms with Crippen molar-refractivity contribution in [2.45, 2.75) is 33.8 Å². The van der Waals surface area contributed by atoms with Crippen LogP contribution in [0.1, 0.15) is 33.3 Å². The molecule has 1 unspecified atom stereocenters. The van der Waals surface area contributed by atoms with E-state index in [-0.39, 0.29) is 12.1 Å². The third-order valence-corrected chi connectivity index (χ3v) is 2.84. The van der Waals surface area contributed by atoms with Crippen LogP contribution in [0.15, 0.2) is 30.3 Å². The van der Waals surface area contributed by atoms with E-state index in [4.69, 9.17) is 9.47 Å². The first-order valence-electron chi connectivity index (χ1n) is 6.64. The van der Waals surface area contributed by atoms with E-state index in [1.54, 1.807) is 6.08 Å². The minimum absolute atomic E-state index is 0.0718. The first-order chi connectivity index (χ1) is 9.02. The number of esters is 1. The van der Waals surface area contributed by atoms with E-state index in [9.17, 15) is 4.79 Å². The zero-order chi connectivity index (χ0) is 14.3. The molecule has 104 valence electrons. The largest absolute Gasteiger partial charge is 0.494 e. The van der Waals surface area contributed by atoms with Gasteiger partial charge in [0.05, 0.1) is 6.61 Å². The maximum Gasteiger partial charge on any atom is 0.331 e. The molecule has 0 N–H and O–H groups in total. The quantitative estimate of drug-likeness (QED) is 0.579. The molecule has 0 heterocycles. The van der Waals surface area contributed by atoms with E-state index in [1.165, 1.54) is 6.08 Å². The second kappa shape index (κ2) is 7.62. The summed E-state index contributed by atoms with van der Waals surface area (Å²) in [6.45, 7) is 8.53. The van der Waals surface area contributed by atoms with Crippen molar-refractivity contribution in [1.29, 1.82) is 0 Å². The number of carbonyl (C=O) groups excluding carboxylic acids is 1. The molecule has 19 heavy (non-hydrogen) atoms. The lowest BCUT2D eigenvalue weighted by Gasteiger charge is -2.14. The topological polar surface area (TPSA) is 35.5 Å². The summed E-state index contributed by atoms with van der Waals surface area (Å²) in [5.74, 6) is 0.841. The molecule has 0 saturated carbocycles. The maximum absolute atomic E-state index is 11.6. The molecule has 0 aromatic heterocycles. The van der Waals surface area contributed by atoms with E-state index in [0.29, 0.717) is 12.5 Å². The van der Waals surface area contributed by atoms with Crippen LogP contribution in [0.2, 0.25) is 0 Å². The lowest BCUT2D eigenvalue weighted by Crippen LogP contribution is -2.18. The summed E-state index contributed by atoms with van der Waals surface area (Å²) in [4.78, 5) is 11.6. The van der Waals surface area contributed by atoms with Gasteiger partial charge in [-0.05, 0) is 43.5 Å². The molecule has 0 spiro atoms. The summed E-state index contributed by atoms with van der Waals surface area (Å²) in [6.07, 6.45) is 3.12. The third kappa shape index (κ3) is 5.60. The number of rotatable bonds is 6. The predicted molar refractivity (Wildman–Crippen MR) is 77.0 cm³/mol. The standard InChI is InChI=1S/C16H22O3/c1-5-18-15-9-6-14(7-10-15)8-11-16(17)19-13(4)12(2)3/h6-13H,5H2,1-4H3. The smallest absolute Gasteiger partial charge is 0.331 e. The van der Waals surface area contributed by atoms with Gasteiger partial charge >= 0.3 is 5.97 Å². The normalized spacial score (nSPS) is 12.7. The van der Waals surface area contributed by atoms with Gasteiger partial charge < -0.3 is 9.47 Å².